The fourth-order valence-corrected chi connectivity index (χ4v) is 3.36. The van der Waals surface area contributed by atoms with E-state index in [0.29, 0.717) is 6.54 Å². The number of nitrogens with two attached hydrogens (primary N) is 1. The van der Waals surface area contributed by atoms with Crippen LogP contribution in [0.15, 0.2) is 48.5 Å². The Morgan fingerprint density at radius 3 is 2.55 bits per heavy atom. The maximum absolute atomic E-state index is 6.26. The van der Waals surface area contributed by atoms with Crippen LogP contribution in [0.3, 0.4) is 0 Å². The number of aromatic nitrogens is 1. The predicted octanol–water partition coefficient (Wildman–Crippen LogP) is 4.87. The first kappa shape index (κ1) is 15.1. The third-order valence-electron chi connectivity index (χ3n) is 4.04. The van der Waals surface area contributed by atoms with Gasteiger partial charge >= 0.3 is 0 Å². The van der Waals surface area contributed by atoms with E-state index in [2.05, 4.69) is 54.0 Å². The average molecular weight is 313 g/mol. The lowest BCUT2D eigenvalue weighted by atomic mass is 10.00. The number of nitrogens with zero attached hydrogens (tertiary/aromatic N) is 1. The standard InChI is InChI=1S/C19H21ClN2/c1-2-6-18-19(14-7-4-3-5-8-14)16-13-15(20)9-10-17(16)22(18)12-11-21/h3-5,7-10,13H,2,6,11-12,21H2,1H3. The Morgan fingerprint density at radius 2 is 1.86 bits per heavy atom. The molecule has 2 nitrogen and oxygen atoms in total. The Morgan fingerprint density at radius 1 is 1.09 bits per heavy atom. The highest BCUT2D eigenvalue weighted by Gasteiger charge is 2.17. The van der Waals surface area contributed by atoms with E-state index < -0.39 is 0 Å². The van der Waals surface area contributed by atoms with E-state index in [4.69, 9.17) is 17.3 Å². The molecule has 0 radical (unpaired) electrons. The molecule has 0 atom stereocenters. The molecule has 3 heteroatoms. The minimum atomic E-state index is 0.636. The quantitative estimate of drug-likeness (QED) is 0.715. The van der Waals surface area contributed by atoms with Gasteiger partial charge in [-0.05, 0) is 30.2 Å². The number of fused-ring (bicyclic) bond motifs is 1. The summed E-state index contributed by atoms with van der Waals surface area (Å²) in [6.45, 7) is 3.68. The summed E-state index contributed by atoms with van der Waals surface area (Å²) in [5.74, 6) is 0. The minimum Gasteiger partial charge on any atom is -0.343 e. The number of hydrogen-bond donors (Lipinski definition) is 1. The van der Waals surface area contributed by atoms with E-state index >= 15 is 0 Å². The van der Waals surface area contributed by atoms with Crippen molar-refractivity contribution in [2.45, 2.75) is 26.3 Å². The van der Waals surface area contributed by atoms with Crippen LogP contribution in [0.4, 0.5) is 0 Å². The molecule has 0 saturated carbocycles. The topological polar surface area (TPSA) is 30.9 Å². The van der Waals surface area contributed by atoms with Crippen molar-refractivity contribution in [1.29, 1.82) is 0 Å². The summed E-state index contributed by atoms with van der Waals surface area (Å²) in [5.41, 5.74) is 11.0. The van der Waals surface area contributed by atoms with Crippen LogP contribution < -0.4 is 5.73 Å². The summed E-state index contributed by atoms with van der Waals surface area (Å²) < 4.78 is 2.36. The fourth-order valence-electron chi connectivity index (χ4n) is 3.19. The van der Waals surface area contributed by atoms with E-state index in [0.717, 1.165) is 24.4 Å². The zero-order valence-electron chi connectivity index (χ0n) is 12.8. The van der Waals surface area contributed by atoms with Crippen LogP contribution in [0.2, 0.25) is 5.02 Å². The summed E-state index contributed by atoms with van der Waals surface area (Å²) >= 11 is 6.26. The van der Waals surface area contributed by atoms with Gasteiger partial charge in [-0.25, -0.2) is 0 Å². The van der Waals surface area contributed by atoms with Gasteiger partial charge in [-0.15, -0.1) is 0 Å². The molecule has 2 aromatic carbocycles. The maximum atomic E-state index is 6.26. The predicted molar refractivity (Wildman–Crippen MR) is 95.4 cm³/mol. The zero-order valence-corrected chi connectivity index (χ0v) is 13.6. The zero-order chi connectivity index (χ0) is 15.5. The Bertz CT molecular complexity index is 775. The first-order valence-corrected chi connectivity index (χ1v) is 8.20. The SMILES string of the molecule is CCCc1c(-c2ccccc2)c2cc(Cl)ccc2n1CCN. The molecule has 0 amide bonds. The summed E-state index contributed by atoms with van der Waals surface area (Å²) in [6.07, 6.45) is 2.14. The molecule has 0 aliphatic heterocycles. The van der Waals surface area contributed by atoms with Crippen LogP contribution in [0, 0.1) is 0 Å². The van der Waals surface area contributed by atoms with Crippen molar-refractivity contribution in [3.05, 3.63) is 59.2 Å². The largest absolute Gasteiger partial charge is 0.343 e. The molecule has 2 N–H and O–H groups in total. The van der Waals surface area contributed by atoms with E-state index in [-0.39, 0.29) is 0 Å². The summed E-state index contributed by atoms with van der Waals surface area (Å²) in [4.78, 5) is 0. The normalized spacial score (nSPS) is 11.2. The lowest BCUT2D eigenvalue weighted by Gasteiger charge is -2.10. The molecule has 1 heterocycles. The van der Waals surface area contributed by atoms with Gasteiger partial charge in [0.05, 0.1) is 0 Å². The molecule has 0 bridgehead atoms. The number of benzene rings is 2. The third-order valence-corrected chi connectivity index (χ3v) is 4.27. The second kappa shape index (κ2) is 6.55. The minimum absolute atomic E-state index is 0.636. The third kappa shape index (κ3) is 2.65. The summed E-state index contributed by atoms with van der Waals surface area (Å²) in [5, 5.41) is 1.99. The lowest BCUT2D eigenvalue weighted by Crippen LogP contribution is -2.12. The van der Waals surface area contributed by atoms with Crippen LogP contribution in [0.5, 0.6) is 0 Å². The molecule has 1 aromatic heterocycles. The highest BCUT2D eigenvalue weighted by Crippen LogP contribution is 2.37. The number of hydrogen-bond acceptors (Lipinski definition) is 1. The highest BCUT2D eigenvalue weighted by atomic mass is 35.5. The molecule has 0 spiro atoms. The van der Waals surface area contributed by atoms with Gasteiger partial charge in [0, 0.05) is 40.3 Å². The molecule has 0 fully saturated rings. The fraction of sp³-hybridized carbons (Fsp3) is 0.263. The van der Waals surface area contributed by atoms with Gasteiger partial charge < -0.3 is 10.3 Å². The summed E-state index contributed by atoms with van der Waals surface area (Å²) in [6, 6.07) is 16.7. The van der Waals surface area contributed by atoms with E-state index in [9.17, 15) is 0 Å². The first-order chi connectivity index (χ1) is 10.8. The molecule has 3 rings (SSSR count). The number of rotatable bonds is 5. The maximum Gasteiger partial charge on any atom is 0.0490 e. The van der Waals surface area contributed by atoms with Crippen LogP contribution in [-0.2, 0) is 13.0 Å². The second-order valence-electron chi connectivity index (χ2n) is 5.54. The molecular weight excluding hydrogens is 292 g/mol. The van der Waals surface area contributed by atoms with Gasteiger partial charge in [0.1, 0.15) is 0 Å². The monoisotopic (exact) mass is 312 g/mol. The molecule has 0 unspecified atom stereocenters. The molecule has 0 aliphatic carbocycles. The van der Waals surface area contributed by atoms with Crippen molar-refractivity contribution >= 4 is 22.5 Å². The van der Waals surface area contributed by atoms with Crippen molar-refractivity contribution < 1.29 is 0 Å². The Labute approximate surface area is 136 Å². The second-order valence-corrected chi connectivity index (χ2v) is 5.98. The Hall–Kier alpha value is -1.77. The lowest BCUT2D eigenvalue weighted by molar-refractivity contribution is 0.685. The average Bonchev–Trinajstić information content (AvgIpc) is 2.82. The number of halogens is 1. The van der Waals surface area contributed by atoms with Crippen LogP contribution in [-0.4, -0.2) is 11.1 Å². The Kier molecular flexibility index (Phi) is 4.51. The van der Waals surface area contributed by atoms with E-state index in [1.807, 2.05) is 6.07 Å². The molecule has 3 aromatic rings. The van der Waals surface area contributed by atoms with Gasteiger partial charge in [-0.1, -0.05) is 55.3 Å². The van der Waals surface area contributed by atoms with Gasteiger partial charge in [0.15, 0.2) is 0 Å². The van der Waals surface area contributed by atoms with Crippen LogP contribution >= 0.6 is 11.6 Å². The van der Waals surface area contributed by atoms with Gasteiger partial charge in [-0.2, -0.15) is 0 Å². The van der Waals surface area contributed by atoms with Gasteiger partial charge in [0.25, 0.3) is 0 Å². The molecular formula is C19H21ClN2. The van der Waals surface area contributed by atoms with Crippen molar-refractivity contribution in [2.75, 3.05) is 6.54 Å². The first-order valence-electron chi connectivity index (χ1n) is 7.82. The van der Waals surface area contributed by atoms with Crippen molar-refractivity contribution in [3.63, 3.8) is 0 Å². The molecule has 22 heavy (non-hydrogen) atoms. The highest BCUT2D eigenvalue weighted by molar-refractivity contribution is 6.31. The molecule has 0 saturated heterocycles. The van der Waals surface area contributed by atoms with Crippen molar-refractivity contribution in [3.8, 4) is 11.1 Å². The van der Waals surface area contributed by atoms with Crippen LogP contribution in [0.1, 0.15) is 19.0 Å². The van der Waals surface area contributed by atoms with Crippen molar-refractivity contribution in [1.82, 2.24) is 4.57 Å². The van der Waals surface area contributed by atoms with Crippen LogP contribution in [0.25, 0.3) is 22.0 Å². The smallest absolute Gasteiger partial charge is 0.0490 e. The van der Waals surface area contributed by atoms with Crippen molar-refractivity contribution in [2.24, 2.45) is 5.73 Å². The molecule has 114 valence electrons. The van der Waals surface area contributed by atoms with Gasteiger partial charge in [-0.3, -0.25) is 0 Å². The Balaban J connectivity index is 2.36. The summed E-state index contributed by atoms with van der Waals surface area (Å²) in [7, 11) is 0. The molecule has 0 aliphatic rings. The van der Waals surface area contributed by atoms with E-state index in [1.165, 1.54) is 27.7 Å². The van der Waals surface area contributed by atoms with E-state index in [1.54, 1.807) is 0 Å². The van der Waals surface area contributed by atoms with Gasteiger partial charge in [0.2, 0.25) is 0 Å².